The summed E-state index contributed by atoms with van der Waals surface area (Å²) < 4.78 is 5.53. The predicted molar refractivity (Wildman–Crippen MR) is 137 cm³/mol. The van der Waals surface area contributed by atoms with E-state index in [0.717, 1.165) is 54.2 Å². The van der Waals surface area contributed by atoms with E-state index in [9.17, 15) is 9.59 Å². The molecule has 0 spiro atoms. The van der Waals surface area contributed by atoms with Crippen LogP contribution in [0.5, 0.6) is 0 Å². The molecule has 1 aliphatic rings. The van der Waals surface area contributed by atoms with Gasteiger partial charge in [0.1, 0.15) is 21.3 Å². The van der Waals surface area contributed by atoms with Gasteiger partial charge < -0.3 is 15.6 Å². The Morgan fingerprint density at radius 1 is 1.17 bits per heavy atom. The van der Waals surface area contributed by atoms with Crippen molar-refractivity contribution in [3.63, 3.8) is 0 Å². The molecule has 3 aromatic heterocycles. The predicted octanol–water partition coefficient (Wildman–Crippen LogP) is 4.26. The van der Waals surface area contributed by atoms with E-state index in [0.29, 0.717) is 22.9 Å². The first kappa shape index (κ1) is 23.4. The highest BCUT2D eigenvalue weighted by atomic mass is 32.1. The second-order valence-electron chi connectivity index (χ2n) is 8.35. The number of carbonyl (C=O) groups is 2. The number of aromatic nitrogens is 2. The molecule has 8 nitrogen and oxygen atoms in total. The number of benzene rings is 1. The van der Waals surface area contributed by atoms with Crippen LogP contribution in [0.4, 0.5) is 0 Å². The van der Waals surface area contributed by atoms with Crippen LogP contribution in [0.15, 0.2) is 57.7 Å². The number of primary amides is 1. The molecule has 1 fully saturated rings. The van der Waals surface area contributed by atoms with E-state index in [2.05, 4.69) is 15.4 Å². The maximum absolute atomic E-state index is 12.9. The van der Waals surface area contributed by atoms with Crippen molar-refractivity contribution in [3.8, 4) is 33.3 Å². The number of hydrogen-bond acceptors (Lipinski definition) is 8. The third-order valence-electron chi connectivity index (χ3n) is 6.04. The van der Waals surface area contributed by atoms with Gasteiger partial charge in [0.2, 0.25) is 5.91 Å². The molecule has 0 bridgehead atoms. The van der Waals surface area contributed by atoms with E-state index in [1.807, 2.05) is 53.2 Å². The smallest absolute Gasteiger partial charge is 0.262 e. The third-order valence-corrected chi connectivity index (χ3v) is 7.83. The van der Waals surface area contributed by atoms with Crippen LogP contribution in [-0.4, -0.2) is 52.5 Å². The van der Waals surface area contributed by atoms with E-state index in [1.165, 1.54) is 22.7 Å². The van der Waals surface area contributed by atoms with Crippen LogP contribution in [-0.2, 0) is 4.79 Å². The van der Waals surface area contributed by atoms with Crippen molar-refractivity contribution in [2.75, 3.05) is 19.6 Å². The van der Waals surface area contributed by atoms with Crippen LogP contribution in [0.2, 0.25) is 0 Å². The molecule has 5 rings (SSSR count). The van der Waals surface area contributed by atoms with E-state index < -0.39 is 0 Å². The van der Waals surface area contributed by atoms with Gasteiger partial charge in [0.15, 0.2) is 5.76 Å². The van der Waals surface area contributed by atoms with Crippen molar-refractivity contribution >= 4 is 34.5 Å². The van der Waals surface area contributed by atoms with Crippen LogP contribution >= 0.6 is 22.7 Å². The highest BCUT2D eigenvalue weighted by Gasteiger charge is 2.28. The van der Waals surface area contributed by atoms with Crippen molar-refractivity contribution in [2.45, 2.75) is 25.3 Å². The van der Waals surface area contributed by atoms with Gasteiger partial charge in [0.05, 0.1) is 6.04 Å². The van der Waals surface area contributed by atoms with Crippen LogP contribution in [0.3, 0.4) is 0 Å². The monoisotopic (exact) mass is 507 g/mol. The molecule has 4 heterocycles. The summed E-state index contributed by atoms with van der Waals surface area (Å²) in [5.74, 6) is 0.202. The van der Waals surface area contributed by atoms with E-state index in [4.69, 9.17) is 15.2 Å². The normalized spacial score (nSPS) is 15.9. The van der Waals surface area contributed by atoms with Gasteiger partial charge in [-0.3, -0.25) is 14.5 Å². The lowest BCUT2D eigenvalue weighted by molar-refractivity contribution is -0.122. The largest absolute Gasteiger partial charge is 0.368 e. The first-order valence-corrected chi connectivity index (χ1v) is 13.2. The lowest BCUT2D eigenvalue weighted by Crippen LogP contribution is -2.41. The van der Waals surface area contributed by atoms with Gasteiger partial charge >= 0.3 is 0 Å². The quantitative estimate of drug-likeness (QED) is 0.327. The second kappa shape index (κ2) is 10.5. The molecule has 4 aromatic rings. The Morgan fingerprint density at radius 2 is 2.03 bits per heavy atom. The van der Waals surface area contributed by atoms with Crippen molar-refractivity contribution in [1.29, 1.82) is 0 Å². The summed E-state index contributed by atoms with van der Waals surface area (Å²) in [6, 6.07) is 13.4. The lowest BCUT2D eigenvalue weighted by atomic mass is 10.1. The van der Waals surface area contributed by atoms with Gasteiger partial charge in [-0.1, -0.05) is 35.5 Å². The highest BCUT2D eigenvalue weighted by Crippen LogP contribution is 2.34. The van der Waals surface area contributed by atoms with Gasteiger partial charge in [0, 0.05) is 35.7 Å². The number of nitrogens with two attached hydrogens (primary N) is 1. The number of likely N-dealkylation sites (tertiary alicyclic amines) is 1. The van der Waals surface area contributed by atoms with Crippen LogP contribution in [0.1, 0.15) is 28.9 Å². The minimum Gasteiger partial charge on any atom is -0.368 e. The summed E-state index contributed by atoms with van der Waals surface area (Å²) in [5.41, 5.74) is 8.70. The molecule has 1 atom stereocenters. The van der Waals surface area contributed by atoms with Crippen molar-refractivity contribution in [3.05, 3.63) is 58.1 Å². The molecule has 0 aliphatic carbocycles. The topological polar surface area (TPSA) is 114 Å². The minimum absolute atomic E-state index is 0.120. The fraction of sp³-hybridized carbons (Fsp3) is 0.280. The van der Waals surface area contributed by atoms with E-state index >= 15 is 0 Å². The standard InChI is InChI=1S/C25H25N5O3S2/c26-23(31)20-8-4-11-30(20)12-5-10-27-24(32)22-17(9-13-34-22)25-28-19(15-35-25)21-14-18(29-33-21)16-6-2-1-3-7-16/h1-3,6-7,9,13-15,20H,4-5,8,10-12H2,(H2,26,31)(H,27,32). The number of amides is 2. The second-order valence-corrected chi connectivity index (χ2v) is 10.1. The molecule has 0 radical (unpaired) electrons. The maximum atomic E-state index is 12.9. The Kier molecular flexibility index (Phi) is 7.03. The van der Waals surface area contributed by atoms with Gasteiger partial charge in [-0.2, -0.15) is 0 Å². The molecule has 10 heteroatoms. The molecule has 1 saturated heterocycles. The zero-order valence-corrected chi connectivity index (χ0v) is 20.6. The first-order valence-electron chi connectivity index (χ1n) is 11.5. The minimum atomic E-state index is -0.265. The molecule has 2 amide bonds. The number of carbonyl (C=O) groups excluding carboxylic acids is 2. The van der Waals surface area contributed by atoms with Crippen LogP contribution in [0.25, 0.3) is 33.3 Å². The molecule has 1 unspecified atom stereocenters. The molecule has 180 valence electrons. The average molecular weight is 508 g/mol. The van der Waals surface area contributed by atoms with Crippen molar-refractivity contribution in [1.82, 2.24) is 20.4 Å². The van der Waals surface area contributed by atoms with Crippen molar-refractivity contribution in [2.24, 2.45) is 5.73 Å². The fourth-order valence-electron chi connectivity index (χ4n) is 4.29. The number of thiophene rings is 1. The third kappa shape index (κ3) is 5.19. The van der Waals surface area contributed by atoms with Gasteiger partial charge in [-0.05, 0) is 37.3 Å². The summed E-state index contributed by atoms with van der Waals surface area (Å²) in [5, 5.41) is 11.7. The summed E-state index contributed by atoms with van der Waals surface area (Å²) in [7, 11) is 0. The van der Waals surface area contributed by atoms with Gasteiger partial charge in [-0.15, -0.1) is 22.7 Å². The Bertz CT molecular complexity index is 1310. The van der Waals surface area contributed by atoms with Crippen LogP contribution in [0, 0.1) is 0 Å². The zero-order chi connectivity index (χ0) is 24.2. The molecule has 3 N–H and O–H groups in total. The van der Waals surface area contributed by atoms with Gasteiger partial charge in [-0.25, -0.2) is 4.98 Å². The number of rotatable bonds is 9. The fourth-order valence-corrected chi connectivity index (χ4v) is 6.00. The van der Waals surface area contributed by atoms with E-state index in [1.54, 1.807) is 0 Å². The molecule has 1 aromatic carbocycles. The van der Waals surface area contributed by atoms with Crippen molar-refractivity contribution < 1.29 is 14.1 Å². The summed E-state index contributed by atoms with van der Waals surface area (Å²) >= 11 is 2.86. The zero-order valence-electron chi connectivity index (χ0n) is 19.0. The molecule has 1 aliphatic heterocycles. The van der Waals surface area contributed by atoms with Crippen LogP contribution < -0.4 is 11.1 Å². The summed E-state index contributed by atoms with van der Waals surface area (Å²) in [6.07, 6.45) is 2.56. The SMILES string of the molecule is NC(=O)C1CCCN1CCCNC(=O)c1sccc1-c1nc(-c2cc(-c3ccccc3)no2)cs1. The number of nitrogens with one attached hydrogen (secondary N) is 1. The van der Waals surface area contributed by atoms with E-state index in [-0.39, 0.29) is 17.9 Å². The Balaban J connectivity index is 1.21. The lowest BCUT2D eigenvalue weighted by Gasteiger charge is -2.21. The molecule has 0 saturated carbocycles. The molecular weight excluding hydrogens is 482 g/mol. The Morgan fingerprint density at radius 3 is 2.86 bits per heavy atom. The average Bonchev–Trinajstić information content (AvgIpc) is 3.68. The number of hydrogen-bond donors (Lipinski definition) is 2. The summed E-state index contributed by atoms with van der Waals surface area (Å²) in [6.45, 7) is 2.14. The van der Waals surface area contributed by atoms with Gasteiger partial charge in [0.25, 0.3) is 5.91 Å². The molecule has 35 heavy (non-hydrogen) atoms. The first-order chi connectivity index (χ1) is 17.1. The Labute approximate surface area is 210 Å². The number of nitrogens with zero attached hydrogens (tertiary/aromatic N) is 3. The maximum Gasteiger partial charge on any atom is 0.262 e. The Hall–Kier alpha value is -3.34. The summed E-state index contributed by atoms with van der Waals surface area (Å²) in [4.78, 5) is 31.8. The molecular formula is C25H25N5O3S2. The highest BCUT2D eigenvalue weighted by molar-refractivity contribution is 7.15. The number of thiazole rings is 1.